The van der Waals surface area contributed by atoms with Crippen molar-refractivity contribution in [2.45, 2.75) is 6.17 Å². The monoisotopic (exact) mass is 240 g/mol. The van der Waals surface area contributed by atoms with E-state index >= 15 is 0 Å². The van der Waals surface area contributed by atoms with Crippen molar-refractivity contribution >= 4 is 11.6 Å². The molecule has 1 unspecified atom stereocenters. The van der Waals surface area contributed by atoms with Crippen molar-refractivity contribution in [1.29, 1.82) is 0 Å². The number of rotatable bonds is 1. The van der Waals surface area contributed by atoms with Crippen molar-refractivity contribution in [3.8, 4) is 5.75 Å². The van der Waals surface area contributed by atoms with Gasteiger partial charge < -0.3 is 15.7 Å². The minimum absolute atomic E-state index is 0.113. The lowest BCUT2D eigenvalue weighted by atomic mass is 10.1. The second-order valence-corrected chi connectivity index (χ2v) is 4.19. The second-order valence-electron chi connectivity index (χ2n) is 4.19. The number of aromatic hydroxyl groups is 1. The van der Waals surface area contributed by atoms with Crippen LogP contribution in [0.25, 0.3) is 0 Å². The first-order chi connectivity index (χ1) is 8.74. The molecule has 0 saturated heterocycles. The van der Waals surface area contributed by atoms with Crippen LogP contribution in [0.3, 0.4) is 0 Å². The summed E-state index contributed by atoms with van der Waals surface area (Å²) in [6.45, 7) is 0. The van der Waals surface area contributed by atoms with E-state index in [2.05, 4.69) is 10.6 Å². The lowest BCUT2D eigenvalue weighted by molar-refractivity contribution is 0.0935. The fraction of sp³-hybridized carbons (Fsp3) is 0.0714. The molecule has 0 radical (unpaired) electrons. The molecule has 3 N–H and O–H groups in total. The number of para-hydroxylation sites is 1. The highest BCUT2D eigenvalue weighted by Gasteiger charge is 2.23. The van der Waals surface area contributed by atoms with Gasteiger partial charge in [0, 0.05) is 5.69 Å². The number of phenolic OH excluding ortho intramolecular Hbond substituents is 1. The number of hydrogen-bond donors (Lipinski definition) is 3. The molecule has 1 aliphatic heterocycles. The van der Waals surface area contributed by atoms with Gasteiger partial charge in [0.2, 0.25) is 0 Å². The number of phenols is 1. The van der Waals surface area contributed by atoms with Crippen LogP contribution in [-0.2, 0) is 0 Å². The van der Waals surface area contributed by atoms with E-state index in [1.54, 1.807) is 24.3 Å². The van der Waals surface area contributed by atoms with Gasteiger partial charge in [0.1, 0.15) is 11.9 Å². The topological polar surface area (TPSA) is 61.4 Å². The summed E-state index contributed by atoms with van der Waals surface area (Å²) in [6, 6.07) is 14.2. The maximum Gasteiger partial charge on any atom is 0.255 e. The SMILES string of the molecule is O=C1NC(c2cccc(O)c2)Nc2ccccc21. The highest BCUT2D eigenvalue weighted by molar-refractivity contribution is 6.01. The summed E-state index contributed by atoms with van der Waals surface area (Å²) in [7, 11) is 0. The molecular weight excluding hydrogens is 228 g/mol. The number of benzene rings is 2. The normalized spacial score (nSPS) is 17.6. The van der Waals surface area contributed by atoms with Crippen LogP contribution in [0.5, 0.6) is 5.75 Å². The van der Waals surface area contributed by atoms with E-state index < -0.39 is 0 Å². The first-order valence-electron chi connectivity index (χ1n) is 5.69. The molecule has 0 saturated carbocycles. The molecule has 0 spiro atoms. The smallest absolute Gasteiger partial charge is 0.255 e. The Balaban J connectivity index is 1.97. The average Bonchev–Trinajstić information content (AvgIpc) is 2.39. The third-order valence-corrected chi connectivity index (χ3v) is 2.95. The van der Waals surface area contributed by atoms with Gasteiger partial charge in [0.05, 0.1) is 5.56 Å². The van der Waals surface area contributed by atoms with Gasteiger partial charge in [-0.15, -0.1) is 0 Å². The van der Waals surface area contributed by atoms with Gasteiger partial charge in [-0.05, 0) is 29.8 Å². The third kappa shape index (κ3) is 1.78. The molecule has 1 aliphatic rings. The fourth-order valence-electron chi connectivity index (χ4n) is 2.08. The number of anilines is 1. The molecule has 4 heteroatoms. The molecule has 2 aromatic carbocycles. The summed E-state index contributed by atoms with van der Waals surface area (Å²) >= 11 is 0. The summed E-state index contributed by atoms with van der Waals surface area (Å²) in [5.74, 6) is 0.0695. The van der Waals surface area contributed by atoms with Crippen molar-refractivity contribution in [3.05, 3.63) is 59.7 Å². The lowest BCUT2D eigenvalue weighted by Gasteiger charge is -2.28. The van der Waals surface area contributed by atoms with E-state index in [4.69, 9.17) is 0 Å². The van der Waals surface area contributed by atoms with Crippen LogP contribution in [-0.4, -0.2) is 11.0 Å². The van der Waals surface area contributed by atoms with E-state index in [9.17, 15) is 9.90 Å². The summed E-state index contributed by atoms with van der Waals surface area (Å²) in [6.07, 6.45) is -0.320. The zero-order valence-corrected chi connectivity index (χ0v) is 9.55. The number of hydrogen-bond acceptors (Lipinski definition) is 3. The first kappa shape index (κ1) is 10.7. The zero-order valence-electron chi connectivity index (χ0n) is 9.55. The molecular formula is C14H12N2O2. The Bertz CT molecular complexity index is 610. The Kier molecular flexibility index (Phi) is 2.41. The number of carbonyl (C=O) groups excluding carboxylic acids is 1. The molecule has 0 aromatic heterocycles. The zero-order chi connectivity index (χ0) is 12.5. The molecule has 1 amide bonds. The Morgan fingerprint density at radius 3 is 2.67 bits per heavy atom. The van der Waals surface area contributed by atoms with Crippen molar-refractivity contribution < 1.29 is 9.90 Å². The molecule has 0 fully saturated rings. The molecule has 3 rings (SSSR count). The van der Waals surface area contributed by atoms with E-state index in [1.165, 1.54) is 0 Å². The molecule has 18 heavy (non-hydrogen) atoms. The van der Waals surface area contributed by atoms with Crippen LogP contribution in [0, 0.1) is 0 Å². The van der Waals surface area contributed by atoms with Crippen molar-refractivity contribution in [2.75, 3.05) is 5.32 Å². The predicted octanol–water partition coefficient (Wildman–Crippen LogP) is 2.25. The highest BCUT2D eigenvalue weighted by Crippen LogP contribution is 2.27. The molecule has 0 bridgehead atoms. The van der Waals surface area contributed by atoms with Gasteiger partial charge in [0.15, 0.2) is 0 Å². The average molecular weight is 240 g/mol. The van der Waals surface area contributed by atoms with Crippen LogP contribution < -0.4 is 10.6 Å². The quantitative estimate of drug-likeness (QED) is 0.716. The molecule has 4 nitrogen and oxygen atoms in total. The van der Waals surface area contributed by atoms with Gasteiger partial charge in [0.25, 0.3) is 5.91 Å². The molecule has 1 atom stereocenters. The van der Waals surface area contributed by atoms with Crippen LogP contribution in [0.2, 0.25) is 0 Å². The first-order valence-corrected chi connectivity index (χ1v) is 5.69. The molecule has 2 aromatic rings. The van der Waals surface area contributed by atoms with Gasteiger partial charge in [-0.3, -0.25) is 4.79 Å². The number of amides is 1. The Labute approximate surface area is 104 Å². The van der Waals surface area contributed by atoms with Crippen LogP contribution in [0.1, 0.15) is 22.1 Å². The Morgan fingerprint density at radius 1 is 1.00 bits per heavy atom. The van der Waals surface area contributed by atoms with Crippen LogP contribution >= 0.6 is 0 Å². The van der Waals surface area contributed by atoms with Gasteiger partial charge in [-0.1, -0.05) is 24.3 Å². The standard InChI is InChI=1S/C14H12N2O2/c17-10-5-3-4-9(8-10)13-15-12-7-2-1-6-11(12)14(18)16-13/h1-8,13,15,17H,(H,16,18). The van der Waals surface area contributed by atoms with Crippen molar-refractivity contribution in [3.63, 3.8) is 0 Å². The summed E-state index contributed by atoms with van der Waals surface area (Å²) in [4.78, 5) is 11.9. The fourth-order valence-corrected chi connectivity index (χ4v) is 2.08. The van der Waals surface area contributed by atoms with Gasteiger partial charge in [-0.2, -0.15) is 0 Å². The largest absolute Gasteiger partial charge is 0.508 e. The minimum Gasteiger partial charge on any atom is -0.508 e. The molecule has 1 heterocycles. The van der Waals surface area contributed by atoms with Crippen molar-refractivity contribution in [2.24, 2.45) is 0 Å². The van der Waals surface area contributed by atoms with Crippen LogP contribution in [0.15, 0.2) is 48.5 Å². The van der Waals surface area contributed by atoms with Gasteiger partial charge >= 0.3 is 0 Å². The summed E-state index contributed by atoms with van der Waals surface area (Å²) < 4.78 is 0. The maximum atomic E-state index is 11.9. The summed E-state index contributed by atoms with van der Waals surface area (Å²) in [5.41, 5.74) is 2.25. The van der Waals surface area contributed by atoms with E-state index in [0.717, 1.165) is 11.3 Å². The molecule has 0 aliphatic carbocycles. The van der Waals surface area contributed by atoms with E-state index in [0.29, 0.717) is 5.56 Å². The second kappa shape index (κ2) is 4.07. The number of carbonyl (C=O) groups is 1. The predicted molar refractivity (Wildman–Crippen MR) is 68.4 cm³/mol. The highest BCUT2D eigenvalue weighted by atomic mass is 16.3. The third-order valence-electron chi connectivity index (χ3n) is 2.95. The van der Waals surface area contributed by atoms with Gasteiger partial charge in [-0.25, -0.2) is 0 Å². The maximum absolute atomic E-state index is 11.9. The Morgan fingerprint density at radius 2 is 1.83 bits per heavy atom. The minimum atomic E-state index is -0.320. The lowest BCUT2D eigenvalue weighted by Crippen LogP contribution is -2.38. The number of nitrogens with one attached hydrogen (secondary N) is 2. The summed E-state index contributed by atoms with van der Waals surface area (Å²) in [5, 5.41) is 15.5. The number of fused-ring (bicyclic) bond motifs is 1. The van der Waals surface area contributed by atoms with E-state index in [1.807, 2.05) is 24.3 Å². The van der Waals surface area contributed by atoms with Crippen molar-refractivity contribution in [1.82, 2.24) is 5.32 Å². The van der Waals surface area contributed by atoms with Crippen LogP contribution in [0.4, 0.5) is 5.69 Å². The Hall–Kier alpha value is -2.49. The molecule has 90 valence electrons. The van der Waals surface area contributed by atoms with E-state index in [-0.39, 0.29) is 17.8 Å².